The first-order valence-electron chi connectivity index (χ1n) is 13.8. The molecule has 0 aliphatic carbocycles. The van der Waals surface area contributed by atoms with Gasteiger partial charge in [0.15, 0.2) is 10.8 Å². The molecule has 11 nitrogen and oxygen atoms in total. The van der Waals surface area contributed by atoms with Crippen LogP contribution in [0.15, 0.2) is 70.3 Å². The molecule has 6 rings (SSSR count). The van der Waals surface area contributed by atoms with Crippen molar-refractivity contribution >= 4 is 64.0 Å². The Labute approximate surface area is 267 Å². The van der Waals surface area contributed by atoms with Gasteiger partial charge in [-0.05, 0) is 29.8 Å². The summed E-state index contributed by atoms with van der Waals surface area (Å²) in [5.41, 5.74) is 2.97. The Kier molecular flexibility index (Phi) is 8.59. The van der Waals surface area contributed by atoms with Crippen LogP contribution in [0.1, 0.15) is 22.2 Å². The highest BCUT2D eigenvalue weighted by Gasteiger charge is 2.42. The number of aliphatic imine (C=N–C) groups is 1. The third-order valence-corrected chi connectivity index (χ3v) is 9.19. The monoisotopic (exact) mass is 654 g/mol. The predicted molar refractivity (Wildman–Crippen MR) is 167 cm³/mol. The molecule has 2 saturated heterocycles. The van der Waals surface area contributed by atoms with Crippen molar-refractivity contribution in [2.75, 3.05) is 44.7 Å². The van der Waals surface area contributed by atoms with Crippen molar-refractivity contribution in [3.05, 3.63) is 91.5 Å². The number of benzene rings is 2. The highest BCUT2D eigenvalue weighted by atomic mass is 35.5. The highest BCUT2D eigenvalue weighted by Crippen LogP contribution is 2.38. The third-order valence-electron chi connectivity index (χ3n) is 7.85. The molecule has 3 aromatic rings. The van der Waals surface area contributed by atoms with E-state index >= 15 is 0 Å². The van der Waals surface area contributed by atoms with Crippen LogP contribution in [0.2, 0.25) is 10.0 Å². The van der Waals surface area contributed by atoms with Gasteiger partial charge in [0.2, 0.25) is 0 Å². The van der Waals surface area contributed by atoms with E-state index in [9.17, 15) is 14.4 Å². The molecule has 2 N–H and O–H groups in total. The van der Waals surface area contributed by atoms with Crippen molar-refractivity contribution in [3.63, 3.8) is 0 Å². The molecule has 14 heteroatoms. The van der Waals surface area contributed by atoms with Gasteiger partial charge in [-0.1, -0.05) is 41.4 Å². The molecule has 0 saturated carbocycles. The quantitative estimate of drug-likeness (QED) is 0.346. The number of thiazole rings is 1. The van der Waals surface area contributed by atoms with E-state index in [1.165, 1.54) is 18.4 Å². The summed E-state index contributed by atoms with van der Waals surface area (Å²) in [4.78, 5) is 52.7. The number of aliphatic carboxylic acids is 1. The smallest absolute Gasteiger partial charge is 0.338 e. The SMILES string of the molecule is COC(=O)C1=C(CN2CCN3C(=O)N(c4ccc(CC(=O)O)cc4)C[C@@H]3C2)NC(c2nccs2)=NC1c1ccc(Cl)cc1Cl. The van der Waals surface area contributed by atoms with Crippen LogP contribution in [-0.2, 0) is 20.7 Å². The van der Waals surface area contributed by atoms with E-state index in [0.717, 1.165) is 5.69 Å². The van der Waals surface area contributed by atoms with Crippen molar-refractivity contribution in [3.8, 4) is 0 Å². The number of anilines is 1. The van der Waals surface area contributed by atoms with E-state index in [4.69, 9.17) is 38.0 Å². The van der Waals surface area contributed by atoms with Crippen LogP contribution in [0.25, 0.3) is 0 Å². The van der Waals surface area contributed by atoms with Crippen LogP contribution in [0.3, 0.4) is 0 Å². The zero-order chi connectivity index (χ0) is 31.0. The number of halogens is 2. The van der Waals surface area contributed by atoms with Gasteiger partial charge >= 0.3 is 18.0 Å². The second kappa shape index (κ2) is 12.6. The number of esters is 1. The molecule has 44 heavy (non-hydrogen) atoms. The number of rotatable bonds is 8. The fourth-order valence-electron chi connectivity index (χ4n) is 5.79. The van der Waals surface area contributed by atoms with Gasteiger partial charge in [-0.2, -0.15) is 0 Å². The zero-order valence-electron chi connectivity index (χ0n) is 23.6. The van der Waals surface area contributed by atoms with Crippen LogP contribution < -0.4 is 10.2 Å². The van der Waals surface area contributed by atoms with Crippen molar-refractivity contribution < 1.29 is 24.2 Å². The third kappa shape index (κ3) is 6.03. The Bertz CT molecular complexity index is 1660. The number of carboxylic acid groups (broad SMARTS) is 1. The van der Waals surface area contributed by atoms with Crippen LogP contribution in [0.4, 0.5) is 10.5 Å². The van der Waals surface area contributed by atoms with Crippen LogP contribution in [-0.4, -0.2) is 89.6 Å². The maximum absolute atomic E-state index is 13.3. The molecule has 4 heterocycles. The summed E-state index contributed by atoms with van der Waals surface area (Å²) in [5.74, 6) is -0.915. The largest absolute Gasteiger partial charge is 0.481 e. The second-order valence-corrected chi connectivity index (χ2v) is 12.3. The Hall–Kier alpha value is -3.97. The molecule has 2 fully saturated rings. The molecule has 0 spiro atoms. The Balaban J connectivity index is 1.26. The number of aromatic nitrogens is 1. The van der Waals surface area contributed by atoms with Gasteiger partial charge in [-0.3, -0.25) is 19.6 Å². The Morgan fingerprint density at radius 2 is 1.93 bits per heavy atom. The first-order valence-corrected chi connectivity index (χ1v) is 15.5. The number of hydrogen-bond donors (Lipinski definition) is 2. The predicted octanol–water partition coefficient (Wildman–Crippen LogP) is 4.22. The van der Waals surface area contributed by atoms with Crippen molar-refractivity contribution in [2.45, 2.75) is 18.5 Å². The number of piperazine rings is 1. The number of methoxy groups -OCH3 is 1. The van der Waals surface area contributed by atoms with Gasteiger partial charge in [0, 0.05) is 71.3 Å². The van der Waals surface area contributed by atoms with E-state index in [1.54, 1.807) is 53.6 Å². The molecule has 3 aliphatic heterocycles. The lowest BCUT2D eigenvalue weighted by Gasteiger charge is -2.38. The van der Waals surface area contributed by atoms with Crippen molar-refractivity contribution in [2.24, 2.45) is 4.99 Å². The normalized spacial score (nSPS) is 20.3. The lowest BCUT2D eigenvalue weighted by molar-refractivity contribution is -0.137. The number of nitrogens with zero attached hydrogens (tertiary/aromatic N) is 5. The van der Waals surface area contributed by atoms with Gasteiger partial charge in [0.25, 0.3) is 0 Å². The zero-order valence-corrected chi connectivity index (χ0v) is 25.9. The van der Waals surface area contributed by atoms with Crippen molar-refractivity contribution in [1.82, 2.24) is 20.1 Å². The standard InChI is InChI=1S/C30H28Cl2N6O5S/c1-43-29(41)25-23(34-27(28-33-8-11-44-28)35-26(25)21-7-4-18(31)13-22(21)32)16-36-9-10-37-20(14-36)15-38(30(37)42)19-5-2-17(3-6-19)12-24(39)40/h2-8,11,13,20,26H,9-10,12,14-16H2,1H3,(H,34,35)(H,39,40)/t20-,26?/m0/s1. The average molecular weight is 656 g/mol. The number of urea groups is 1. The molecule has 1 unspecified atom stereocenters. The van der Waals surface area contributed by atoms with Gasteiger partial charge in [-0.15, -0.1) is 11.3 Å². The lowest BCUT2D eigenvalue weighted by Crippen LogP contribution is -2.53. The average Bonchev–Trinajstić information content (AvgIpc) is 3.65. The first kappa shape index (κ1) is 30.1. The summed E-state index contributed by atoms with van der Waals surface area (Å²) in [6, 6.07) is 11.2. The van der Waals surface area contributed by atoms with Gasteiger partial charge in [-0.25, -0.2) is 14.6 Å². The first-order chi connectivity index (χ1) is 21.2. The van der Waals surface area contributed by atoms with E-state index in [-0.39, 0.29) is 18.5 Å². The fraction of sp³-hybridized carbons (Fsp3) is 0.300. The van der Waals surface area contributed by atoms with Crippen LogP contribution >= 0.6 is 34.5 Å². The van der Waals surface area contributed by atoms with Crippen LogP contribution in [0, 0.1) is 0 Å². The van der Waals surface area contributed by atoms with E-state index in [1.807, 2.05) is 10.3 Å². The number of carboxylic acids is 1. The molecular formula is C30H28Cl2N6O5S. The van der Waals surface area contributed by atoms with Gasteiger partial charge in [0.05, 0.1) is 25.1 Å². The van der Waals surface area contributed by atoms with E-state index in [2.05, 4.69) is 15.2 Å². The number of amidine groups is 1. The van der Waals surface area contributed by atoms with Crippen LogP contribution in [0.5, 0.6) is 0 Å². The topological polar surface area (TPSA) is 128 Å². The molecule has 2 aromatic carbocycles. The number of nitrogens with one attached hydrogen (secondary N) is 1. The van der Waals surface area contributed by atoms with E-state index < -0.39 is 18.0 Å². The highest BCUT2D eigenvalue weighted by molar-refractivity contribution is 7.11. The minimum absolute atomic E-state index is 0.0740. The van der Waals surface area contributed by atoms with Crippen molar-refractivity contribution in [1.29, 1.82) is 0 Å². The summed E-state index contributed by atoms with van der Waals surface area (Å²) < 4.78 is 5.23. The number of fused-ring (bicyclic) bond motifs is 1. The minimum Gasteiger partial charge on any atom is -0.481 e. The number of carbonyl (C=O) groups is 3. The lowest BCUT2D eigenvalue weighted by atomic mass is 9.95. The second-order valence-electron chi connectivity index (χ2n) is 10.6. The van der Waals surface area contributed by atoms with Gasteiger partial charge in [0.1, 0.15) is 6.04 Å². The molecule has 3 aliphatic rings. The molecule has 228 valence electrons. The molecule has 0 radical (unpaired) electrons. The van der Waals surface area contributed by atoms with Gasteiger partial charge < -0.3 is 20.1 Å². The maximum atomic E-state index is 13.3. The summed E-state index contributed by atoms with van der Waals surface area (Å²) in [6.07, 6.45) is 1.62. The summed E-state index contributed by atoms with van der Waals surface area (Å²) in [7, 11) is 1.33. The molecule has 1 aromatic heterocycles. The summed E-state index contributed by atoms with van der Waals surface area (Å²) >= 11 is 14.2. The molecular weight excluding hydrogens is 627 g/mol. The molecule has 2 atom stereocenters. The molecule has 0 bridgehead atoms. The maximum Gasteiger partial charge on any atom is 0.338 e. The Morgan fingerprint density at radius 3 is 2.61 bits per heavy atom. The molecule has 2 amide bonds. The summed E-state index contributed by atoms with van der Waals surface area (Å²) in [6.45, 7) is 2.54. The number of ether oxygens (including phenoxy) is 1. The summed E-state index contributed by atoms with van der Waals surface area (Å²) in [5, 5.41) is 15.8. The van der Waals surface area contributed by atoms with E-state index in [0.29, 0.717) is 76.0 Å². The number of amides is 2. The number of carbonyl (C=O) groups excluding carboxylic acids is 2. The number of hydrogen-bond acceptors (Lipinski definition) is 9. The fourth-order valence-corrected chi connectivity index (χ4v) is 6.89. The Morgan fingerprint density at radius 1 is 1.14 bits per heavy atom. The minimum atomic E-state index is -0.905.